The third-order valence-corrected chi connectivity index (χ3v) is 3.89. The van der Waals surface area contributed by atoms with Gasteiger partial charge in [0, 0.05) is 28.3 Å². The van der Waals surface area contributed by atoms with Crippen LogP contribution in [0.2, 0.25) is 5.02 Å². The van der Waals surface area contributed by atoms with Crippen molar-refractivity contribution in [2.75, 3.05) is 5.75 Å². The molecular formula is C12H8ClFN2S. The van der Waals surface area contributed by atoms with Crippen molar-refractivity contribution in [2.24, 2.45) is 0 Å². The Morgan fingerprint density at radius 2 is 2.24 bits per heavy atom. The Morgan fingerprint density at radius 1 is 1.35 bits per heavy atom. The summed E-state index contributed by atoms with van der Waals surface area (Å²) >= 11 is 7.59. The Morgan fingerprint density at radius 3 is 3.12 bits per heavy atom. The molecule has 0 bridgehead atoms. The van der Waals surface area contributed by atoms with Gasteiger partial charge in [0.05, 0.1) is 11.3 Å². The SMILES string of the molecule is Fc1ccc(Cl)cc1-c1ncc2c(n1)CCS2. The van der Waals surface area contributed by atoms with Crippen molar-refractivity contribution in [3.05, 3.63) is 40.9 Å². The van der Waals surface area contributed by atoms with Crippen molar-refractivity contribution in [3.8, 4) is 11.4 Å². The normalized spacial score (nSPS) is 13.8. The second-order valence-electron chi connectivity index (χ2n) is 3.73. The van der Waals surface area contributed by atoms with E-state index in [2.05, 4.69) is 9.97 Å². The van der Waals surface area contributed by atoms with E-state index in [0.29, 0.717) is 16.4 Å². The van der Waals surface area contributed by atoms with Crippen LogP contribution in [0.5, 0.6) is 0 Å². The summed E-state index contributed by atoms with van der Waals surface area (Å²) < 4.78 is 13.7. The van der Waals surface area contributed by atoms with E-state index in [1.807, 2.05) is 0 Å². The van der Waals surface area contributed by atoms with Crippen molar-refractivity contribution >= 4 is 23.4 Å². The van der Waals surface area contributed by atoms with Gasteiger partial charge in [-0.25, -0.2) is 14.4 Å². The smallest absolute Gasteiger partial charge is 0.162 e. The van der Waals surface area contributed by atoms with Gasteiger partial charge in [-0.1, -0.05) is 11.6 Å². The van der Waals surface area contributed by atoms with E-state index >= 15 is 0 Å². The lowest BCUT2D eigenvalue weighted by atomic mass is 10.2. The van der Waals surface area contributed by atoms with Crippen molar-refractivity contribution in [1.82, 2.24) is 9.97 Å². The van der Waals surface area contributed by atoms with Gasteiger partial charge in [-0.3, -0.25) is 0 Å². The highest BCUT2D eigenvalue weighted by atomic mass is 35.5. The molecular weight excluding hydrogens is 259 g/mol. The third kappa shape index (κ3) is 2.03. The molecule has 1 aliphatic rings. The molecule has 3 rings (SSSR count). The van der Waals surface area contributed by atoms with Gasteiger partial charge < -0.3 is 0 Å². The Balaban J connectivity index is 2.12. The Hall–Kier alpha value is -1.13. The fourth-order valence-electron chi connectivity index (χ4n) is 1.76. The molecule has 0 fully saturated rings. The van der Waals surface area contributed by atoms with Crippen LogP contribution in [0.1, 0.15) is 5.69 Å². The number of nitrogens with zero attached hydrogens (tertiary/aromatic N) is 2. The molecule has 2 aromatic rings. The van der Waals surface area contributed by atoms with E-state index < -0.39 is 0 Å². The minimum atomic E-state index is -0.347. The topological polar surface area (TPSA) is 25.8 Å². The van der Waals surface area contributed by atoms with Crippen LogP contribution in [0.15, 0.2) is 29.3 Å². The van der Waals surface area contributed by atoms with Gasteiger partial charge in [-0.15, -0.1) is 11.8 Å². The van der Waals surface area contributed by atoms with E-state index in [1.165, 1.54) is 12.1 Å². The molecule has 1 aliphatic heterocycles. The van der Waals surface area contributed by atoms with E-state index in [0.717, 1.165) is 22.8 Å². The number of aryl methyl sites for hydroxylation is 1. The second kappa shape index (κ2) is 4.27. The summed E-state index contributed by atoms with van der Waals surface area (Å²) in [4.78, 5) is 9.68. The van der Waals surface area contributed by atoms with Gasteiger partial charge in [0.2, 0.25) is 0 Å². The van der Waals surface area contributed by atoms with Gasteiger partial charge in [0.15, 0.2) is 5.82 Å². The summed E-state index contributed by atoms with van der Waals surface area (Å²) in [7, 11) is 0. The zero-order valence-electron chi connectivity index (χ0n) is 8.78. The van der Waals surface area contributed by atoms with E-state index in [4.69, 9.17) is 11.6 Å². The van der Waals surface area contributed by atoms with Crippen LogP contribution in [-0.2, 0) is 6.42 Å². The van der Waals surface area contributed by atoms with Crippen molar-refractivity contribution in [1.29, 1.82) is 0 Å². The van der Waals surface area contributed by atoms with Gasteiger partial charge in [0.25, 0.3) is 0 Å². The van der Waals surface area contributed by atoms with E-state index in [9.17, 15) is 4.39 Å². The first kappa shape index (κ1) is 11.0. The average molecular weight is 267 g/mol. The number of fused-ring (bicyclic) bond motifs is 1. The minimum Gasteiger partial charge on any atom is -0.235 e. The Labute approximate surface area is 107 Å². The highest BCUT2D eigenvalue weighted by molar-refractivity contribution is 7.99. The molecule has 0 radical (unpaired) electrons. The fraction of sp³-hybridized carbons (Fsp3) is 0.167. The molecule has 0 saturated carbocycles. The average Bonchev–Trinajstić information content (AvgIpc) is 2.79. The molecule has 0 unspecified atom stereocenters. The number of thioether (sulfide) groups is 1. The minimum absolute atomic E-state index is 0.347. The van der Waals surface area contributed by atoms with Crippen LogP contribution in [0.4, 0.5) is 4.39 Å². The predicted octanol–water partition coefficient (Wildman–Crippen LogP) is 3.58. The molecule has 0 aliphatic carbocycles. The predicted molar refractivity (Wildman–Crippen MR) is 66.9 cm³/mol. The summed E-state index contributed by atoms with van der Waals surface area (Å²) in [6.45, 7) is 0. The van der Waals surface area contributed by atoms with Crippen molar-refractivity contribution < 1.29 is 4.39 Å². The molecule has 86 valence electrons. The molecule has 1 aromatic carbocycles. The maximum Gasteiger partial charge on any atom is 0.162 e. The summed E-state index contributed by atoms with van der Waals surface area (Å²) in [5.41, 5.74) is 1.36. The van der Waals surface area contributed by atoms with Gasteiger partial charge in [-0.05, 0) is 18.2 Å². The fourth-order valence-corrected chi connectivity index (χ4v) is 2.89. The van der Waals surface area contributed by atoms with Gasteiger partial charge in [-0.2, -0.15) is 0 Å². The molecule has 0 saturated heterocycles. The highest BCUT2D eigenvalue weighted by Gasteiger charge is 2.16. The molecule has 0 N–H and O–H groups in total. The monoisotopic (exact) mass is 266 g/mol. The first-order chi connectivity index (χ1) is 8.24. The van der Waals surface area contributed by atoms with Crippen LogP contribution < -0.4 is 0 Å². The summed E-state index contributed by atoms with van der Waals surface area (Å²) in [6, 6.07) is 4.41. The highest BCUT2D eigenvalue weighted by Crippen LogP contribution is 2.31. The molecule has 5 heteroatoms. The maximum atomic E-state index is 13.7. The van der Waals surface area contributed by atoms with Crippen LogP contribution in [-0.4, -0.2) is 15.7 Å². The molecule has 2 nitrogen and oxygen atoms in total. The molecule has 1 aromatic heterocycles. The zero-order valence-corrected chi connectivity index (χ0v) is 10.4. The maximum absolute atomic E-state index is 13.7. The van der Waals surface area contributed by atoms with Gasteiger partial charge >= 0.3 is 0 Å². The van der Waals surface area contributed by atoms with Gasteiger partial charge in [0.1, 0.15) is 5.82 Å². The van der Waals surface area contributed by atoms with Crippen LogP contribution >= 0.6 is 23.4 Å². The number of aromatic nitrogens is 2. The molecule has 0 amide bonds. The molecule has 0 spiro atoms. The standard InChI is InChI=1S/C12H8ClFN2S/c13-7-1-2-9(14)8(5-7)12-15-6-11-10(16-12)3-4-17-11/h1-2,5-6H,3-4H2. The van der Waals surface area contributed by atoms with Crippen molar-refractivity contribution in [2.45, 2.75) is 11.3 Å². The van der Waals surface area contributed by atoms with E-state index in [-0.39, 0.29) is 5.82 Å². The summed E-state index contributed by atoms with van der Waals surface area (Å²) in [5, 5.41) is 0.486. The number of benzene rings is 1. The quantitative estimate of drug-likeness (QED) is 0.789. The summed E-state index contributed by atoms with van der Waals surface area (Å²) in [6.07, 6.45) is 2.67. The molecule has 0 atom stereocenters. The number of rotatable bonds is 1. The first-order valence-electron chi connectivity index (χ1n) is 5.18. The zero-order chi connectivity index (χ0) is 11.8. The number of halogens is 2. The summed E-state index contributed by atoms with van der Waals surface area (Å²) in [5.74, 6) is 1.08. The first-order valence-corrected chi connectivity index (χ1v) is 6.54. The Kier molecular flexibility index (Phi) is 2.76. The van der Waals surface area contributed by atoms with E-state index in [1.54, 1.807) is 24.0 Å². The lowest BCUT2D eigenvalue weighted by molar-refractivity contribution is 0.629. The van der Waals surface area contributed by atoms with Crippen LogP contribution in [0.3, 0.4) is 0 Å². The van der Waals surface area contributed by atoms with Crippen molar-refractivity contribution in [3.63, 3.8) is 0 Å². The largest absolute Gasteiger partial charge is 0.235 e. The lowest BCUT2D eigenvalue weighted by Gasteiger charge is -2.04. The Bertz CT molecular complexity index is 589. The number of hydrogen-bond donors (Lipinski definition) is 0. The molecule has 17 heavy (non-hydrogen) atoms. The molecule has 2 heterocycles. The second-order valence-corrected chi connectivity index (χ2v) is 5.30. The third-order valence-electron chi connectivity index (χ3n) is 2.60. The lowest BCUT2D eigenvalue weighted by Crippen LogP contribution is -1.96. The van der Waals surface area contributed by atoms with Crippen LogP contribution in [0, 0.1) is 5.82 Å². The number of hydrogen-bond acceptors (Lipinski definition) is 3. The van der Waals surface area contributed by atoms with Crippen LogP contribution in [0.25, 0.3) is 11.4 Å².